The first-order valence-electron chi connectivity index (χ1n) is 4.71. The Hall–Kier alpha value is -0.760. The molecular weight excluding hydrogens is 150 g/mol. The van der Waals surface area contributed by atoms with Gasteiger partial charge >= 0.3 is 0 Å². The molecule has 2 nitrogen and oxygen atoms in total. The van der Waals surface area contributed by atoms with Crippen LogP contribution in [0.5, 0.6) is 0 Å². The molecule has 2 aliphatic rings. The standard InChI is InChI=1S/C10H13NO/c1-2-9(12-7-1)10-5-3-8(10)4-6-11-10/h1-2,7-8,11H,3-6H2/t8-,10-/m0/s1. The summed E-state index contributed by atoms with van der Waals surface area (Å²) in [5, 5.41) is 3.58. The van der Waals surface area contributed by atoms with E-state index in [2.05, 4.69) is 11.4 Å². The van der Waals surface area contributed by atoms with Crippen LogP contribution >= 0.6 is 0 Å². The van der Waals surface area contributed by atoms with Crippen molar-refractivity contribution in [3.05, 3.63) is 24.2 Å². The van der Waals surface area contributed by atoms with Crippen LogP contribution in [0, 0.1) is 5.92 Å². The van der Waals surface area contributed by atoms with Crippen molar-refractivity contribution in [1.82, 2.24) is 5.32 Å². The number of nitrogens with one attached hydrogen (secondary N) is 1. The summed E-state index contributed by atoms with van der Waals surface area (Å²) in [6.45, 7) is 1.16. The third-order valence-electron chi connectivity index (χ3n) is 3.48. The fourth-order valence-electron chi connectivity index (χ4n) is 2.67. The maximum atomic E-state index is 5.48. The quantitative estimate of drug-likeness (QED) is 0.683. The molecule has 3 rings (SSSR count). The Morgan fingerprint density at radius 2 is 2.50 bits per heavy atom. The van der Waals surface area contributed by atoms with Crippen LogP contribution in [-0.2, 0) is 5.54 Å². The van der Waals surface area contributed by atoms with Gasteiger partial charge in [0.25, 0.3) is 0 Å². The minimum atomic E-state index is 0.240. The predicted octanol–water partition coefficient (Wildman–Crippen LogP) is 1.88. The molecule has 1 aromatic heterocycles. The summed E-state index contributed by atoms with van der Waals surface area (Å²) in [6.07, 6.45) is 5.72. The summed E-state index contributed by atoms with van der Waals surface area (Å²) < 4.78 is 5.48. The molecule has 2 heteroatoms. The van der Waals surface area contributed by atoms with E-state index in [1.807, 2.05) is 6.07 Å². The zero-order valence-corrected chi connectivity index (χ0v) is 7.05. The van der Waals surface area contributed by atoms with Crippen LogP contribution in [-0.4, -0.2) is 6.54 Å². The van der Waals surface area contributed by atoms with E-state index in [1.54, 1.807) is 6.26 Å². The normalized spacial score (nSPS) is 39.2. The molecule has 0 bridgehead atoms. The fraction of sp³-hybridized carbons (Fsp3) is 0.600. The van der Waals surface area contributed by atoms with Crippen LogP contribution in [0.2, 0.25) is 0 Å². The molecule has 1 N–H and O–H groups in total. The third kappa shape index (κ3) is 0.643. The highest BCUT2D eigenvalue weighted by molar-refractivity contribution is 5.21. The summed E-state index contributed by atoms with van der Waals surface area (Å²) in [4.78, 5) is 0. The van der Waals surface area contributed by atoms with Crippen LogP contribution in [0.1, 0.15) is 25.0 Å². The van der Waals surface area contributed by atoms with Gasteiger partial charge in [-0.15, -0.1) is 0 Å². The van der Waals surface area contributed by atoms with Crippen LogP contribution in [0.3, 0.4) is 0 Å². The van der Waals surface area contributed by atoms with E-state index in [4.69, 9.17) is 4.42 Å². The molecule has 2 atom stereocenters. The first-order valence-corrected chi connectivity index (χ1v) is 4.71. The van der Waals surface area contributed by atoms with Gasteiger partial charge in [0.1, 0.15) is 5.76 Å². The number of fused-ring (bicyclic) bond motifs is 1. The van der Waals surface area contributed by atoms with E-state index in [9.17, 15) is 0 Å². The van der Waals surface area contributed by atoms with Gasteiger partial charge in [-0.3, -0.25) is 0 Å². The van der Waals surface area contributed by atoms with Gasteiger partial charge in [0.05, 0.1) is 11.8 Å². The highest BCUT2D eigenvalue weighted by Gasteiger charge is 2.52. The molecule has 1 saturated carbocycles. The molecule has 0 aromatic carbocycles. The van der Waals surface area contributed by atoms with Crippen LogP contribution in [0.4, 0.5) is 0 Å². The average molecular weight is 163 g/mol. The smallest absolute Gasteiger partial charge is 0.124 e. The summed E-state index contributed by atoms with van der Waals surface area (Å²) in [5.41, 5.74) is 0.240. The molecule has 0 unspecified atom stereocenters. The Balaban J connectivity index is 2.01. The lowest BCUT2D eigenvalue weighted by atomic mass is 9.66. The van der Waals surface area contributed by atoms with Gasteiger partial charge in [0.15, 0.2) is 0 Å². The van der Waals surface area contributed by atoms with Gasteiger partial charge in [-0.05, 0) is 43.9 Å². The summed E-state index contributed by atoms with van der Waals surface area (Å²) in [5.74, 6) is 1.99. The van der Waals surface area contributed by atoms with E-state index < -0.39 is 0 Å². The van der Waals surface area contributed by atoms with Crippen molar-refractivity contribution in [2.75, 3.05) is 6.54 Å². The van der Waals surface area contributed by atoms with Crippen molar-refractivity contribution in [2.24, 2.45) is 5.92 Å². The highest BCUT2D eigenvalue weighted by atomic mass is 16.3. The largest absolute Gasteiger partial charge is 0.467 e. The van der Waals surface area contributed by atoms with Gasteiger partial charge in [-0.1, -0.05) is 0 Å². The Morgan fingerprint density at radius 3 is 3.08 bits per heavy atom. The molecule has 1 saturated heterocycles. The lowest BCUT2D eigenvalue weighted by molar-refractivity contribution is 0.107. The lowest BCUT2D eigenvalue weighted by Crippen LogP contribution is -2.48. The molecule has 64 valence electrons. The van der Waals surface area contributed by atoms with Crippen molar-refractivity contribution >= 4 is 0 Å². The minimum absolute atomic E-state index is 0.240. The lowest BCUT2D eigenvalue weighted by Gasteiger charge is -2.43. The van der Waals surface area contributed by atoms with Crippen molar-refractivity contribution in [3.8, 4) is 0 Å². The first kappa shape index (κ1) is 6.72. The fourth-order valence-corrected chi connectivity index (χ4v) is 2.67. The van der Waals surface area contributed by atoms with Crippen LogP contribution in [0.15, 0.2) is 22.8 Å². The topological polar surface area (TPSA) is 25.2 Å². The maximum Gasteiger partial charge on any atom is 0.124 e. The van der Waals surface area contributed by atoms with Crippen molar-refractivity contribution < 1.29 is 4.42 Å². The van der Waals surface area contributed by atoms with Crippen molar-refractivity contribution in [2.45, 2.75) is 24.8 Å². The average Bonchev–Trinajstić information content (AvgIpc) is 2.61. The molecule has 0 spiro atoms. The van der Waals surface area contributed by atoms with Crippen molar-refractivity contribution in [1.29, 1.82) is 0 Å². The van der Waals surface area contributed by atoms with E-state index >= 15 is 0 Å². The number of hydrogen-bond donors (Lipinski definition) is 1. The summed E-state index contributed by atoms with van der Waals surface area (Å²) in [6, 6.07) is 4.09. The summed E-state index contributed by atoms with van der Waals surface area (Å²) in [7, 11) is 0. The monoisotopic (exact) mass is 163 g/mol. The minimum Gasteiger partial charge on any atom is -0.467 e. The van der Waals surface area contributed by atoms with Crippen LogP contribution < -0.4 is 5.32 Å². The number of hydrogen-bond acceptors (Lipinski definition) is 2. The molecule has 2 fully saturated rings. The Labute approximate surface area is 72.0 Å². The molecule has 1 aliphatic heterocycles. The highest BCUT2D eigenvalue weighted by Crippen LogP contribution is 2.51. The molecular formula is C10H13NO. The zero-order chi connectivity index (χ0) is 8.02. The second kappa shape index (κ2) is 2.13. The van der Waals surface area contributed by atoms with Gasteiger partial charge in [0.2, 0.25) is 0 Å². The number of rotatable bonds is 1. The van der Waals surface area contributed by atoms with Gasteiger partial charge < -0.3 is 9.73 Å². The van der Waals surface area contributed by atoms with E-state index in [-0.39, 0.29) is 5.54 Å². The Bertz CT molecular complexity index is 280. The molecule has 1 aliphatic carbocycles. The van der Waals surface area contributed by atoms with E-state index in [1.165, 1.54) is 19.3 Å². The molecule has 0 amide bonds. The van der Waals surface area contributed by atoms with Crippen LogP contribution in [0.25, 0.3) is 0 Å². The molecule has 1 aromatic rings. The Morgan fingerprint density at radius 1 is 1.50 bits per heavy atom. The maximum absolute atomic E-state index is 5.48. The van der Waals surface area contributed by atoms with Crippen molar-refractivity contribution in [3.63, 3.8) is 0 Å². The number of furan rings is 1. The zero-order valence-electron chi connectivity index (χ0n) is 7.05. The second-order valence-corrected chi connectivity index (χ2v) is 3.90. The predicted molar refractivity (Wildman–Crippen MR) is 45.7 cm³/mol. The molecule has 2 heterocycles. The first-order chi connectivity index (χ1) is 5.92. The second-order valence-electron chi connectivity index (χ2n) is 3.90. The van der Waals surface area contributed by atoms with Gasteiger partial charge in [-0.2, -0.15) is 0 Å². The molecule has 12 heavy (non-hydrogen) atoms. The summed E-state index contributed by atoms with van der Waals surface area (Å²) >= 11 is 0. The van der Waals surface area contributed by atoms with E-state index in [0.717, 1.165) is 18.2 Å². The third-order valence-corrected chi connectivity index (χ3v) is 3.48. The van der Waals surface area contributed by atoms with Gasteiger partial charge in [0, 0.05) is 0 Å². The SMILES string of the molecule is c1coc([C@]23CC[C@H]2CCN3)c1. The van der Waals surface area contributed by atoms with E-state index in [0.29, 0.717) is 0 Å². The Kier molecular flexibility index (Phi) is 1.20. The van der Waals surface area contributed by atoms with Gasteiger partial charge in [-0.25, -0.2) is 0 Å². The molecule has 0 radical (unpaired) electrons.